The number of hydrogen-bond donors (Lipinski definition) is 4. The Bertz CT molecular complexity index is 1150. The fraction of sp³-hybridized carbons (Fsp3) is 0.517. The quantitative estimate of drug-likeness (QED) is 0.373. The average Bonchev–Trinajstić information content (AvgIpc) is 2.91. The summed E-state index contributed by atoms with van der Waals surface area (Å²) in [5.74, 6) is -1.57. The highest BCUT2D eigenvalue weighted by Crippen LogP contribution is 2.29. The third-order valence-corrected chi connectivity index (χ3v) is 6.74. The summed E-state index contributed by atoms with van der Waals surface area (Å²) in [7, 11) is 1.44. The number of methoxy groups -OCH3 is 1. The van der Waals surface area contributed by atoms with E-state index in [0.717, 1.165) is 12.1 Å². The van der Waals surface area contributed by atoms with Crippen LogP contribution in [-0.2, 0) is 33.5 Å². The lowest BCUT2D eigenvalue weighted by molar-refractivity contribution is -0.137. The summed E-state index contributed by atoms with van der Waals surface area (Å²) >= 11 is 0. The normalized spacial score (nSPS) is 20.3. The SMILES string of the molecule is COCC1CCC(=O)NCCCCOc2cc(F)cc(c2)CC(C(O)CNCc2cccc(C(F)(F)F)c2)NC1=O. The fourth-order valence-corrected chi connectivity index (χ4v) is 4.55. The van der Waals surface area contributed by atoms with Gasteiger partial charge in [0.05, 0.1) is 36.8 Å². The smallest absolute Gasteiger partial charge is 0.416 e. The molecule has 2 bridgehead atoms. The molecule has 0 aromatic heterocycles. The van der Waals surface area contributed by atoms with Crippen molar-refractivity contribution in [1.29, 1.82) is 0 Å². The van der Waals surface area contributed by atoms with Gasteiger partial charge in [-0.2, -0.15) is 13.2 Å². The van der Waals surface area contributed by atoms with Gasteiger partial charge in [-0.15, -0.1) is 0 Å². The molecule has 0 aliphatic carbocycles. The molecule has 0 saturated heterocycles. The van der Waals surface area contributed by atoms with Crippen molar-refractivity contribution in [3.8, 4) is 5.75 Å². The van der Waals surface area contributed by atoms with Crippen LogP contribution in [0, 0.1) is 11.7 Å². The number of nitrogens with one attached hydrogen (secondary N) is 3. The Morgan fingerprint density at radius 2 is 1.98 bits per heavy atom. The molecule has 2 amide bonds. The third-order valence-electron chi connectivity index (χ3n) is 6.74. The van der Waals surface area contributed by atoms with Crippen LogP contribution in [0.15, 0.2) is 42.5 Å². The molecule has 3 unspecified atom stereocenters. The monoisotopic (exact) mass is 583 g/mol. The summed E-state index contributed by atoms with van der Waals surface area (Å²) in [5, 5.41) is 19.6. The number of aliphatic hydroxyl groups is 1. The largest absolute Gasteiger partial charge is 0.493 e. The molecule has 12 heteroatoms. The molecule has 226 valence electrons. The van der Waals surface area contributed by atoms with Crippen molar-refractivity contribution in [1.82, 2.24) is 16.0 Å². The molecule has 2 aromatic rings. The van der Waals surface area contributed by atoms with Crippen molar-refractivity contribution in [2.75, 3.05) is 33.4 Å². The van der Waals surface area contributed by atoms with Crippen molar-refractivity contribution in [2.24, 2.45) is 5.92 Å². The Morgan fingerprint density at radius 3 is 2.73 bits per heavy atom. The average molecular weight is 584 g/mol. The Hall–Kier alpha value is -3.22. The lowest BCUT2D eigenvalue weighted by atomic mass is 9.97. The predicted octanol–water partition coefficient (Wildman–Crippen LogP) is 3.35. The van der Waals surface area contributed by atoms with Crippen LogP contribution < -0.4 is 20.7 Å². The summed E-state index contributed by atoms with van der Waals surface area (Å²) in [4.78, 5) is 25.5. The van der Waals surface area contributed by atoms with Gasteiger partial charge in [0.15, 0.2) is 0 Å². The minimum atomic E-state index is -4.48. The topological polar surface area (TPSA) is 109 Å². The first kappa shape index (κ1) is 32.3. The Labute approximate surface area is 236 Å². The van der Waals surface area contributed by atoms with Gasteiger partial charge in [-0.05, 0) is 55.0 Å². The summed E-state index contributed by atoms with van der Waals surface area (Å²) < 4.78 is 64.5. The van der Waals surface area contributed by atoms with Gasteiger partial charge in [0.2, 0.25) is 11.8 Å². The van der Waals surface area contributed by atoms with E-state index in [1.54, 1.807) is 6.07 Å². The first-order valence-electron chi connectivity index (χ1n) is 13.6. The zero-order valence-electron chi connectivity index (χ0n) is 22.9. The maximum Gasteiger partial charge on any atom is 0.416 e. The van der Waals surface area contributed by atoms with Crippen LogP contribution in [0.1, 0.15) is 42.4 Å². The minimum Gasteiger partial charge on any atom is -0.493 e. The van der Waals surface area contributed by atoms with Crippen LogP contribution in [0.5, 0.6) is 5.75 Å². The Morgan fingerprint density at radius 1 is 1.17 bits per heavy atom. The number of carbonyl (C=O) groups excluding carboxylic acids is 2. The van der Waals surface area contributed by atoms with E-state index in [9.17, 15) is 32.3 Å². The molecule has 3 rings (SSSR count). The van der Waals surface area contributed by atoms with Gasteiger partial charge in [0.25, 0.3) is 0 Å². The number of benzene rings is 2. The molecular formula is C29H37F4N3O5. The van der Waals surface area contributed by atoms with Crippen LogP contribution in [0.2, 0.25) is 0 Å². The van der Waals surface area contributed by atoms with Gasteiger partial charge in [0, 0.05) is 39.2 Å². The lowest BCUT2D eigenvalue weighted by Gasteiger charge is -2.27. The Balaban J connectivity index is 1.78. The van der Waals surface area contributed by atoms with Crippen LogP contribution in [0.25, 0.3) is 0 Å². The van der Waals surface area contributed by atoms with E-state index in [0.29, 0.717) is 42.9 Å². The number of carbonyl (C=O) groups is 2. The van der Waals surface area contributed by atoms with Crippen molar-refractivity contribution >= 4 is 11.8 Å². The van der Waals surface area contributed by atoms with Crippen LogP contribution >= 0.6 is 0 Å². The van der Waals surface area contributed by atoms with Crippen LogP contribution in [-0.4, -0.2) is 62.5 Å². The van der Waals surface area contributed by atoms with Crippen LogP contribution in [0.4, 0.5) is 17.6 Å². The zero-order valence-corrected chi connectivity index (χ0v) is 22.9. The number of alkyl halides is 3. The molecular weight excluding hydrogens is 546 g/mol. The first-order chi connectivity index (χ1) is 19.5. The summed E-state index contributed by atoms with van der Waals surface area (Å²) in [6.45, 7) is 0.780. The molecule has 0 fully saturated rings. The first-order valence-corrected chi connectivity index (χ1v) is 13.6. The van der Waals surface area contributed by atoms with E-state index in [-0.39, 0.29) is 44.9 Å². The van der Waals surface area contributed by atoms with Crippen molar-refractivity contribution in [3.63, 3.8) is 0 Å². The molecule has 0 spiro atoms. The Kier molecular flexibility index (Phi) is 12.4. The second kappa shape index (κ2) is 15.7. The second-order valence-electron chi connectivity index (χ2n) is 10.1. The van der Waals surface area contributed by atoms with Crippen molar-refractivity contribution < 1.29 is 41.7 Å². The number of ether oxygens (including phenoxy) is 2. The van der Waals surface area contributed by atoms with Crippen molar-refractivity contribution in [3.05, 3.63) is 65.0 Å². The number of amides is 2. The summed E-state index contributed by atoms with van der Waals surface area (Å²) in [6, 6.07) is 8.12. The maximum atomic E-state index is 14.4. The summed E-state index contributed by atoms with van der Waals surface area (Å²) in [6.07, 6.45) is -3.99. The van der Waals surface area contributed by atoms with E-state index in [1.807, 2.05) is 0 Å². The van der Waals surface area contributed by atoms with Gasteiger partial charge >= 0.3 is 6.18 Å². The van der Waals surface area contributed by atoms with E-state index < -0.39 is 41.5 Å². The molecule has 2 aromatic carbocycles. The maximum absolute atomic E-state index is 14.4. The van der Waals surface area contributed by atoms with E-state index in [2.05, 4.69) is 16.0 Å². The van der Waals surface area contributed by atoms with Crippen LogP contribution in [0.3, 0.4) is 0 Å². The van der Waals surface area contributed by atoms with Gasteiger partial charge < -0.3 is 30.5 Å². The molecule has 1 aliphatic rings. The minimum absolute atomic E-state index is 0.0427. The van der Waals surface area contributed by atoms with E-state index in [1.165, 1.54) is 31.4 Å². The molecule has 0 radical (unpaired) electrons. The number of aliphatic hydroxyl groups excluding tert-OH is 1. The molecule has 4 N–H and O–H groups in total. The number of rotatable bonds is 7. The predicted molar refractivity (Wildman–Crippen MR) is 144 cm³/mol. The third kappa shape index (κ3) is 10.9. The standard InChI is InChI=1S/C29H37F4N3O5/c1-40-18-21-7-8-27(38)35-9-2-3-10-41-24-13-20(12-23(30)15-24)14-25(36-28(21)39)26(37)17-34-16-19-5-4-6-22(11-19)29(31,32)33/h4-6,11-13,15,21,25-26,34,37H,2-3,7-10,14,16-18H2,1H3,(H,35,38)(H,36,39). The second-order valence-corrected chi connectivity index (χ2v) is 10.1. The lowest BCUT2D eigenvalue weighted by Crippen LogP contribution is -2.50. The highest BCUT2D eigenvalue weighted by Gasteiger charge is 2.30. The number of fused-ring (bicyclic) bond motifs is 2. The highest BCUT2D eigenvalue weighted by atomic mass is 19.4. The van der Waals surface area contributed by atoms with E-state index in [4.69, 9.17) is 9.47 Å². The van der Waals surface area contributed by atoms with Gasteiger partial charge in [-0.3, -0.25) is 9.59 Å². The molecule has 8 nitrogen and oxygen atoms in total. The summed E-state index contributed by atoms with van der Waals surface area (Å²) in [5.41, 5.74) is 0.0712. The number of hydrogen-bond acceptors (Lipinski definition) is 6. The van der Waals surface area contributed by atoms with Gasteiger partial charge in [-0.25, -0.2) is 4.39 Å². The molecule has 1 heterocycles. The number of halogens is 4. The molecule has 1 aliphatic heterocycles. The molecule has 3 atom stereocenters. The van der Waals surface area contributed by atoms with Gasteiger partial charge in [-0.1, -0.05) is 18.2 Å². The fourth-order valence-electron chi connectivity index (χ4n) is 4.55. The zero-order chi connectivity index (χ0) is 29.8. The molecule has 0 saturated carbocycles. The highest BCUT2D eigenvalue weighted by molar-refractivity contribution is 5.81. The van der Waals surface area contributed by atoms with E-state index >= 15 is 0 Å². The van der Waals surface area contributed by atoms with Gasteiger partial charge in [0.1, 0.15) is 11.6 Å². The molecule has 41 heavy (non-hydrogen) atoms. The van der Waals surface area contributed by atoms with Crippen molar-refractivity contribution in [2.45, 2.75) is 57.0 Å².